The Kier molecular flexibility index (Phi) is 2.91. The Morgan fingerprint density at radius 1 is 1.47 bits per heavy atom. The Morgan fingerprint density at radius 2 is 2.41 bits per heavy atom. The van der Waals surface area contributed by atoms with Crippen LogP contribution in [0.4, 0.5) is 0 Å². The van der Waals surface area contributed by atoms with Gasteiger partial charge in [0.1, 0.15) is 0 Å². The molecule has 0 bridgehead atoms. The van der Waals surface area contributed by atoms with E-state index in [0.717, 1.165) is 36.5 Å². The molecule has 3 rings (SSSR count). The predicted molar refractivity (Wildman–Crippen MR) is 69.9 cm³/mol. The lowest BCUT2D eigenvalue weighted by Crippen LogP contribution is -2.23. The third-order valence-electron chi connectivity index (χ3n) is 3.33. The van der Waals surface area contributed by atoms with Gasteiger partial charge in [-0.25, -0.2) is 9.97 Å². The lowest BCUT2D eigenvalue weighted by atomic mass is 9.87. The van der Waals surface area contributed by atoms with E-state index in [1.165, 1.54) is 11.3 Å². The van der Waals surface area contributed by atoms with Gasteiger partial charge >= 0.3 is 0 Å². The summed E-state index contributed by atoms with van der Waals surface area (Å²) in [5, 5.41) is 2.06. The van der Waals surface area contributed by atoms with Crippen LogP contribution < -0.4 is 5.73 Å². The van der Waals surface area contributed by atoms with E-state index in [1.807, 2.05) is 12.3 Å². The molecule has 0 aliphatic heterocycles. The van der Waals surface area contributed by atoms with Gasteiger partial charge in [0.2, 0.25) is 0 Å². The first-order chi connectivity index (χ1) is 8.36. The maximum absolute atomic E-state index is 5.73. The van der Waals surface area contributed by atoms with Crippen molar-refractivity contribution in [2.45, 2.75) is 19.3 Å². The number of aromatic nitrogens is 2. The average molecular weight is 245 g/mol. The van der Waals surface area contributed by atoms with Crippen LogP contribution in [-0.2, 0) is 12.8 Å². The Balaban J connectivity index is 1.93. The minimum absolute atomic E-state index is 0.610. The first-order valence-corrected chi connectivity index (χ1v) is 6.83. The lowest BCUT2D eigenvalue weighted by molar-refractivity contribution is 0.462. The molecule has 1 aliphatic carbocycles. The predicted octanol–water partition coefficient (Wildman–Crippen LogP) is 2.27. The van der Waals surface area contributed by atoms with Gasteiger partial charge in [-0.15, -0.1) is 11.3 Å². The molecular weight excluding hydrogens is 230 g/mol. The number of aryl methyl sites for hydroxylation is 1. The number of hydrogen-bond donors (Lipinski definition) is 1. The molecule has 4 heteroatoms. The Hall–Kier alpha value is -1.26. The van der Waals surface area contributed by atoms with Crippen molar-refractivity contribution < 1.29 is 0 Å². The normalized spacial score (nSPS) is 19.0. The van der Waals surface area contributed by atoms with Gasteiger partial charge in [0, 0.05) is 11.9 Å². The van der Waals surface area contributed by atoms with Crippen LogP contribution in [-0.4, -0.2) is 16.5 Å². The molecule has 0 saturated heterocycles. The summed E-state index contributed by atoms with van der Waals surface area (Å²) in [4.78, 5) is 10.3. The molecule has 2 aromatic rings. The molecule has 17 heavy (non-hydrogen) atoms. The highest BCUT2D eigenvalue weighted by Crippen LogP contribution is 2.26. The topological polar surface area (TPSA) is 51.8 Å². The maximum atomic E-state index is 5.73. The number of rotatable bonds is 2. The van der Waals surface area contributed by atoms with Crippen molar-refractivity contribution in [1.82, 2.24) is 9.97 Å². The van der Waals surface area contributed by atoms with Crippen LogP contribution >= 0.6 is 11.3 Å². The molecular formula is C13H15N3S. The van der Waals surface area contributed by atoms with Gasteiger partial charge in [0.15, 0.2) is 5.82 Å². The second-order valence-corrected chi connectivity index (χ2v) is 5.44. The first-order valence-electron chi connectivity index (χ1n) is 5.95. The second-order valence-electron chi connectivity index (χ2n) is 4.49. The van der Waals surface area contributed by atoms with Gasteiger partial charge in [-0.3, -0.25) is 0 Å². The molecule has 1 aliphatic rings. The molecule has 2 aromatic heterocycles. The van der Waals surface area contributed by atoms with E-state index < -0.39 is 0 Å². The fourth-order valence-electron chi connectivity index (χ4n) is 2.31. The van der Waals surface area contributed by atoms with Crippen LogP contribution in [0.25, 0.3) is 10.7 Å². The number of fused-ring (bicyclic) bond motifs is 1. The Bertz CT molecular complexity index is 507. The molecule has 3 nitrogen and oxygen atoms in total. The fraction of sp³-hybridized carbons (Fsp3) is 0.385. The lowest BCUT2D eigenvalue weighted by Gasteiger charge is -2.22. The minimum atomic E-state index is 0.610. The molecule has 88 valence electrons. The fourth-order valence-corrected chi connectivity index (χ4v) is 2.97. The number of nitrogens with two attached hydrogens (primary N) is 1. The molecule has 0 radical (unpaired) electrons. The molecule has 1 atom stereocenters. The van der Waals surface area contributed by atoms with Gasteiger partial charge in [-0.05, 0) is 48.7 Å². The van der Waals surface area contributed by atoms with Crippen molar-refractivity contribution in [3.63, 3.8) is 0 Å². The first kappa shape index (κ1) is 10.9. The van der Waals surface area contributed by atoms with Crippen molar-refractivity contribution in [2.24, 2.45) is 11.7 Å². The molecule has 1 unspecified atom stereocenters. The Morgan fingerprint density at radius 3 is 3.18 bits per heavy atom. The van der Waals surface area contributed by atoms with Crippen LogP contribution in [0.1, 0.15) is 17.7 Å². The van der Waals surface area contributed by atoms with Crippen molar-refractivity contribution >= 4 is 11.3 Å². The van der Waals surface area contributed by atoms with E-state index in [0.29, 0.717) is 5.92 Å². The molecule has 2 N–H and O–H groups in total. The van der Waals surface area contributed by atoms with E-state index in [1.54, 1.807) is 11.3 Å². The molecule has 0 amide bonds. The summed E-state index contributed by atoms with van der Waals surface area (Å²) in [6, 6.07) is 4.10. The maximum Gasteiger partial charge on any atom is 0.169 e. The van der Waals surface area contributed by atoms with Crippen molar-refractivity contribution in [1.29, 1.82) is 0 Å². The van der Waals surface area contributed by atoms with Crippen molar-refractivity contribution in [3.05, 3.63) is 35.0 Å². The molecule has 0 spiro atoms. The number of nitrogens with zero attached hydrogens (tertiary/aromatic N) is 2. The van der Waals surface area contributed by atoms with Crippen LogP contribution in [0.5, 0.6) is 0 Å². The molecule has 0 aromatic carbocycles. The van der Waals surface area contributed by atoms with Gasteiger partial charge in [0.25, 0.3) is 0 Å². The van der Waals surface area contributed by atoms with Gasteiger partial charge < -0.3 is 5.73 Å². The number of hydrogen-bond acceptors (Lipinski definition) is 4. The largest absolute Gasteiger partial charge is 0.330 e. The van der Waals surface area contributed by atoms with Crippen LogP contribution in [0, 0.1) is 5.92 Å². The summed E-state index contributed by atoms with van der Waals surface area (Å²) < 4.78 is 0. The summed E-state index contributed by atoms with van der Waals surface area (Å²) in [5.41, 5.74) is 8.23. The molecule has 0 saturated carbocycles. The van der Waals surface area contributed by atoms with Crippen molar-refractivity contribution in [3.8, 4) is 10.7 Å². The van der Waals surface area contributed by atoms with Gasteiger partial charge in [-0.1, -0.05) is 6.07 Å². The van der Waals surface area contributed by atoms with Gasteiger partial charge in [-0.2, -0.15) is 0 Å². The zero-order valence-corrected chi connectivity index (χ0v) is 10.4. The molecule has 0 fully saturated rings. The van der Waals surface area contributed by atoms with E-state index in [-0.39, 0.29) is 0 Å². The third-order valence-corrected chi connectivity index (χ3v) is 4.19. The summed E-state index contributed by atoms with van der Waals surface area (Å²) in [6.45, 7) is 0.770. The molecule has 2 heterocycles. The Labute approximate surface area is 105 Å². The monoisotopic (exact) mass is 245 g/mol. The summed E-state index contributed by atoms with van der Waals surface area (Å²) in [7, 11) is 0. The summed E-state index contributed by atoms with van der Waals surface area (Å²) in [6.07, 6.45) is 5.22. The summed E-state index contributed by atoms with van der Waals surface area (Å²) in [5.74, 6) is 1.48. The van der Waals surface area contributed by atoms with Crippen molar-refractivity contribution in [2.75, 3.05) is 6.54 Å². The highest BCUT2D eigenvalue weighted by atomic mass is 32.1. The van der Waals surface area contributed by atoms with Crippen LogP contribution in [0.3, 0.4) is 0 Å². The van der Waals surface area contributed by atoms with E-state index >= 15 is 0 Å². The standard InChI is InChI=1S/C13H15N3S/c14-7-9-3-4-11-10(6-9)8-15-13(16-11)12-2-1-5-17-12/h1-2,5,8-9H,3-4,6-7,14H2. The van der Waals surface area contributed by atoms with Crippen LogP contribution in [0.15, 0.2) is 23.7 Å². The SMILES string of the molecule is NCC1CCc2nc(-c3cccs3)ncc2C1. The quantitative estimate of drug-likeness (QED) is 0.883. The zero-order chi connectivity index (χ0) is 11.7. The highest BCUT2D eigenvalue weighted by molar-refractivity contribution is 7.13. The summed E-state index contributed by atoms with van der Waals surface area (Å²) >= 11 is 1.69. The zero-order valence-electron chi connectivity index (χ0n) is 9.60. The third kappa shape index (κ3) is 2.10. The van der Waals surface area contributed by atoms with E-state index in [2.05, 4.69) is 21.4 Å². The van der Waals surface area contributed by atoms with E-state index in [4.69, 9.17) is 5.73 Å². The van der Waals surface area contributed by atoms with Gasteiger partial charge in [0.05, 0.1) is 4.88 Å². The highest BCUT2D eigenvalue weighted by Gasteiger charge is 2.19. The minimum Gasteiger partial charge on any atom is -0.330 e. The van der Waals surface area contributed by atoms with Crippen LogP contribution in [0.2, 0.25) is 0 Å². The second kappa shape index (κ2) is 4.55. The average Bonchev–Trinajstić information content (AvgIpc) is 2.91. The number of thiophene rings is 1. The smallest absolute Gasteiger partial charge is 0.169 e. The van der Waals surface area contributed by atoms with E-state index in [9.17, 15) is 0 Å².